The number of benzene rings is 1. The zero-order chi connectivity index (χ0) is 15.3. The van der Waals surface area contributed by atoms with Crippen molar-refractivity contribution in [2.75, 3.05) is 7.11 Å². The Morgan fingerprint density at radius 2 is 2.00 bits per heavy atom. The molecule has 0 bridgehead atoms. The van der Waals surface area contributed by atoms with Crippen LogP contribution in [0.1, 0.15) is 49.8 Å². The minimum Gasteiger partial charge on any atom is -0.469 e. The Balaban J connectivity index is 3.13. The first kappa shape index (κ1) is 16.7. The van der Waals surface area contributed by atoms with Crippen molar-refractivity contribution in [1.82, 2.24) is 0 Å². The molecule has 0 fully saturated rings. The molecule has 0 spiro atoms. The van der Waals surface area contributed by atoms with E-state index in [2.05, 4.69) is 6.92 Å². The molecular formula is C17H26O3. The molecule has 1 aromatic carbocycles. The molecule has 0 aliphatic carbocycles. The maximum Gasteiger partial charge on any atom is 0.311 e. The molecule has 1 rings (SSSR count). The number of methoxy groups -OCH3 is 1. The number of carbonyl (C=O) groups is 1. The fourth-order valence-electron chi connectivity index (χ4n) is 2.44. The van der Waals surface area contributed by atoms with Gasteiger partial charge in [0.2, 0.25) is 0 Å². The third kappa shape index (κ3) is 3.60. The number of unbranched alkanes of at least 4 members (excludes halogenated alkanes) is 1. The second kappa shape index (κ2) is 6.89. The lowest BCUT2D eigenvalue weighted by Crippen LogP contribution is -2.38. The van der Waals surface area contributed by atoms with Crippen molar-refractivity contribution in [1.29, 1.82) is 0 Å². The van der Waals surface area contributed by atoms with E-state index >= 15 is 0 Å². The predicted octanol–water partition coefficient (Wildman–Crippen LogP) is 3.49. The smallest absolute Gasteiger partial charge is 0.311 e. The van der Waals surface area contributed by atoms with E-state index in [1.54, 1.807) is 6.92 Å². The lowest BCUT2D eigenvalue weighted by Gasteiger charge is -2.32. The van der Waals surface area contributed by atoms with Crippen LogP contribution in [0.3, 0.4) is 0 Å². The molecule has 20 heavy (non-hydrogen) atoms. The highest BCUT2D eigenvalue weighted by atomic mass is 16.5. The Hall–Kier alpha value is -1.35. The lowest BCUT2D eigenvalue weighted by molar-refractivity contribution is -0.156. The average Bonchev–Trinajstić information content (AvgIpc) is 2.41. The van der Waals surface area contributed by atoms with Crippen molar-refractivity contribution in [3.8, 4) is 0 Å². The number of esters is 1. The van der Waals surface area contributed by atoms with Crippen LogP contribution in [0.15, 0.2) is 18.2 Å². The molecule has 112 valence electrons. The van der Waals surface area contributed by atoms with Crippen molar-refractivity contribution in [3.05, 3.63) is 34.9 Å². The van der Waals surface area contributed by atoms with Crippen molar-refractivity contribution in [2.45, 2.75) is 52.6 Å². The van der Waals surface area contributed by atoms with Crippen LogP contribution in [-0.2, 0) is 15.1 Å². The molecule has 0 saturated heterocycles. The molecule has 0 amide bonds. The van der Waals surface area contributed by atoms with Gasteiger partial charge in [-0.1, -0.05) is 38.0 Å². The van der Waals surface area contributed by atoms with Gasteiger partial charge in [-0.2, -0.15) is 0 Å². The van der Waals surface area contributed by atoms with Gasteiger partial charge >= 0.3 is 5.97 Å². The van der Waals surface area contributed by atoms with E-state index in [9.17, 15) is 9.90 Å². The third-order valence-corrected chi connectivity index (χ3v) is 4.10. The quantitative estimate of drug-likeness (QED) is 0.810. The van der Waals surface area contributed by atoms with Gasteiger partial charge in [-0.15, -0.1) is 0 Å². The summed E-state index contributed by atoms with van der Waals surface area (Å²) in [5.74, 6) is -0.878. The SMILES string of the molecule is CCCCC(C(=O)OC)C(C)(O)c1ccc(C)c(C)c1. The molecule has 3 nitrogen and oxygen atoms in total. The van der Waals surface area contributed by atoms with Gasteiger partial charge in [-0.05, 0) is 43.9 Å². The third-order valence-electron chi connectivity index (χ3n) is 4.10. The first-order valence-corrected chi connectivity index (χ1v) is 7.22. The molecule has 0 radical (unpaired) electrons. The van der Waals surface area contributed by atoms with Gasteiger partial charge in [-0.25, -0.2) is 0 Å². The summed E-state index contributed by atoms with van der Waals surface area (Å²) in [6.07, 6.45) is 2.50. The fraction of sp³-hybridized carbons (Fsp3) is 0.588. The van der Waals surface area contributed by atoms with Gasteiger partial charge in [0.25, 0.3) is 0 Å². The Morgan fingerprint density at radius 3 is 2.50 bits per heavy atom. The first-order chi connectivity index (χ1) is 9.34. The molecule has 2 atom stereocenters. The highest BCUT2D eigenvalue weighted by Gasteiger charge is 2.39. The number of aryl methyl sites for hydroxylation is 2. The topological polar surface area (TPSA) is 46.5 Å². The van der Waals surface area contributed by atoms with Crippen LogP contribution < -0.4 is 0 Å². The Labute approximate surface area is 122 Å². The highest BCUT2D eigenvalue weighted by molar-refractivity contribution is 5.74. The number of rotatable bonds is 6. The van der Waals surface area contributed by atoms with E-state index in [-0.39, 0.29) is 5.97 Å². The van der Waals surface area contributed by atoms with E-state index in [1.165, 1.54) is 12.7 Å². The lowest BCUT2D eigenvalue weighted by atomic mass is 9.79. The summed E-state index contributed by atoms with van der Waals surface area (Å²) < 4.78 is 4.87. The number of hydrogen-bond donors (Lipinski definition) is 1. The maximum atomic E-state index is 12.0. The Morgan fingerprint density at radius 1 is 1.35 bits per heavy atom. The van der Waals surface area contributed by atoms with Gasteiger partial charge in [0.1, 0.15) is 5.60 Å². The van der Waals surface area contributed by atoms with Crippen molar-refractivity contribution in [3.63, 3.8) is 0 Å². The van der Waals surface area contributed by atoms with E-state index in [0.717, 1.165) is 24.0 Å². The van der Waals surface area contributed by atoms with Crippen molar-refractivity contribution in [2.24, 2.45) is 5.92 Å². The minimum atomic E-state index is -1.21. The standard InChI is InChI=1S/C17H26O3/c1-6-7-8-15(16(18)20-5)17(4,19)14-10-9-12(2)13(3)11-14/h9-11,15,19H,6-8H2,1-5H3. The van der Waals surface area contributed by atoms with Gasteiger partial charge in [0.15, 0.2) is 0 Å². The van der Waals surface area contributed by atoms with Crippen LogP contribution in [0.4, 0.5) is 0 Å². The van der Waals surface area contributed by atoms with Crippen LogP contribution >= 0.6 is 0 Å². The molecule has 0 saturated carbocycles. The summed E-state index contributed by atoms with van der Waals surface area (Å²) >= 11 is 0. The van der Waals surface area contributed by atoms with E-state index in [1.807, 2.05) is 32.0 Å². The molecule has 0 aliphatic rings. The number of carbonyl (C=O) groups excluding carboxylic acids is 1. The van der Waals surface area contributed by atoms with Gasteiger partial charge < -0.3 is 9.84 Å². The Kier molecular flexibility index (Phi) is 5.75. The number of ether oxygens (including phenoxy) is 1. The molecular weight excluding hydrogens is 252 g/mol. The number of hydrogen-bond acceptors (Lipinski definition) is 3. The van der Waals surface area contributed by atoms with E-state index in [0.29, 0.717) is 6.42 Å². The fourth-order valence-corrected chi connectivity index (χ4v) is 2.44. The predicted molar refractivity (Wildman–Crippen MR) is 80.5 cm³/mol. The molecule has 0 aromatic heterocycles. The summed E-state index contributed by atoms with van der Waals surface area (Å²) in [7, 11) is 1.37. The van der Waals surface area contributed by atoms with Crippen LogP contribution in [0.5, 0.6) is 0 Å². The summed E-state index contributed by atoms with van der Waals surface area (Å²) in [5, 5.41) is 10.9. The van der Waals surface area contributed by atoms with E-state index < -0.39 is 11.5 Å². The summed E-state index contributed by atoms with van der Waals surface area (Å²) in [6, 6.07) is 5.83. The second-order valence-electron chi connectivity index (χ2n) is 5.66. The van der Waals surface area contributed by atoms with Gasteiger partial charge in [0, 0.05) is 0 Å². The molecule has 0 heterocycles. The minimum absolute atomic E-state index is 0.346. The normalized spacial score (nSPS) is 15.5. The Bertz CT molecular complexity index is 463. The van der Waals surface area contributed by atoms with Crippen molar-refractivity contribution < 1.29 is 14.6 Å². The van der Waals surface area contributed by atoms with Crippen LogP contribution in [0, 0.1) is 19.8 Å². The van der Waals surface area contributed by atoms with E-state index in [4.69, 9.17) is 4.74 Å². The van der Waals surface area contributed by atoms with Crippen molar-refractivity contribution >= 4 is 5.97 Å². The molecule has 3 heteroatoms. The average molecular weight is 278 g/mol. The zero-order valence-electron chi connectivity index (χ0n) is 13.2. The van der Waals surface area contributed by atoms with Gasteiger partial charge in [-0.3, -0.25) is 4.79 Å². The second-order valence-corrected chi connectivity index (χ2v) is 5.66. The summed E-state index contributed by atoms with van der Waals surface area (Å²) in [5.41, 5.74) is 1.85. The van der Waals surface area contributed by atoms with Crippen LogP contribution in [0.25, 0.3) is 0 Å². The molecule has 2 unspecified atom stereocenters. The monoisotopic (exact) mass is 278 g/mol. The highest BCUT2D eigenvalue weighted by Crippen LogP contribution is 2.34. The zero-order valence-corrected chi connectivity index (χ0v) is 13.2. The maximum absolute atomic E-state index is 12.0. The van der Waals surface area contributed by atoms with Gasteiger partial charge in [0.05, 0.1) is 13.0 Å². The van der Waals surface area contributed by atoms with Crippen LogP contribution in [-0.4, -0.2) is 18.2 Å². The molecule has 1 N–H and O–H groups in total. The number of aliphatic hydroxyl groups is 1. The summed E-state index contributed by atoms with van der Waals surface area (Å²) in [4.78, 5) is 12.0. The largest absolute Gasteiger partial charge is 0.469 e. The van der Waals surface area contributed by atoms with Crippen LogP contribution in [0.2, 0.25) is 0 Å². The summed E-state index contributed by atoms with van der Waals surface area (Å²) in [6.45, 7) is 7.81. The molecule has 0 aliphatic heterocycles. The first-order valence-electron chi connectivity index (χ1n) is 7.22. The molecule has 1 aromatic rings.